The highest BCUT2D eigenvalue weighted by Crippen LogP contribution is 2.21. The minimum Gasteiger partial charge on any atom is -0.491 e. The lowest BCUT2D eigenvalue weighted by atomic mass is 10.2. The molecular weight excluding hydrogens is 260 g/mol. The summed E-state index contributed by atoms with van der Waals surface area (Å²) in [6.07, 6.45) is 0.800. The first-order valence-corrected chi connectivity index (χ1v) is 5.52. The summed E-state index contributed by atoms with van der Waals surface area (Å²) >= 11 is 3.29. The van der Waals surface area contributed by atoms with Crippen molar-refractivity contribution in [3.05, 3.63) is 28.2 Å². The fourth-order valence-corrected chi connectivity index (χ4v) is 1.51. The van der Waals surface area contributed by atoms with Crippen LogP contribution in [0.4, 0.5) is 0 Å². The molecule has 15 heavy (non-hydrogen) atoms. The van der Waals surface area contributed by atoms with E-state index in [0.717, 1.165) is 16.5 Å². The number of benzene rings is 1. The second-order valence-electron chi connectivity index (χ2n) is 2.85. The summed E-state index contributed by atoms with van der Waals surface area (Å²) in [7, 11) is 0. The third kappa shape index (κ3) is 4.01. The molecule has 0 aliphatic rings. The van der Waals surface area contributed by atoms with Crippen molar-refractivity contribution in [2.24, 2.45) is 0 Å². The van der Waals surface area contributed by atoms with Gasteiger partial charge in [-0.15, -0.1) is 0 Å². The van der Waals surface area contributed by atoms with Crippen molar-refractivity contribution >= 4 is 22.2 Å². The van der Waals surface area contributed by atoms with Gasteiger partial charge in [-0.1, -0.05) is 0 Å². The van der Waals surface area contributed by atoms with Crippen LogP contribution in [-0.2, 0) is 4.74 Å². The summed E-state index contributed by atoms with van der Waals surface area (Å²) < 4.78 is 11.3. The second kappa shape index (κ2) is 6.58. The van der Waals surface area contributed by atoms with E-state index in [4.69, 9.17) is 9.47 Å². The zero-order valence-electron chi connectivity index (χ0n) is 8.53. The predicted molar refractivity (Wildman–Crippen MR) is 61.5 cm³/mol. The molecule has 0 N–H and O–H groups in total. The molecule has 1 aromatic carbocycles. The molecule has 0 saturated carbocycles. The highest BCUT2D eigenvalue weighted by Gasteiger charge is 2.00. The van der Waals surface area contributed by atoms with Crippen LogP contribution in [-0.4, -0.2) is 26.1 Å². The Morgan fingerprint density at radius 1 is 1.40 bits per heavy atom. The van der Waals surface area contributed by atoms with E-state index in [1.54, 1.807) is 18.2 Å². The van der Waals surface area contributed by atoms with E-state index in [1.165, 1.54) is 0 Å². The van der Waals surface area contributed by atoms with Gasteiger partial charge in [-0.05, 0) is 41.1 Å². The van der Waals surface area contributed by atoms with Crippen molar-refractivity contribution in [2.75, 3.05) is 19.8 Å². The summed E-state index contributed by atoms with van der Waals surface area (Å²) in [5.74, 6) is 0.729. The number of aldehydes is 1. The van der Waals surface area contributed by atoms with Crippen LogP contribution in [0.3, 0.4) is 0 Å². The molecule has 0 bridgehead atoms. The molecule has 0 unspecified atom stereocenters. The second-order valence-corrected chi connectivity index (χ2v) is 3.70. The van der Waals surface area contributed by atoms with Crippen LogP contribution in [0, 0.1) is 0 Å². The molecular formula is C11H13BrO3. The molecule has 0 radical (unpaired) electrons. The fraction of sp³-hybridized carbons (Fsp3) is 0.364. The van der Waals surface area contributed by atoms with Gasteiger partial charge in [0, 0.05) is 16.6 Å². The van der Waals surface area contributed by atoms with Gasteiger partial charge in [-0.2, -0.15) is 0 Å². The smallest absolute Gasteiger partial charge is 0.151 e. The lowest BCUT2D eigenvalue weighted by Crippen LogP contribution is -2.06. The molecule has 1 aromatic rings. The summed E-state index contributed by atoms with van der Waals surface area (Å²) in [6, 6.07) is 5.25. The first-order chi connectivity index (χ1) is 7.27. The van der Waals surface area contributed by atoms with Crippen LogP contribution in [0.1, 0.15) is 17.3 Å². The van der Waals surface area contributed by atoms with Crippen molar-refractivity contribution in [1.82, 2.24) is 0 Å². The van der Waals surface area contributed by atoms with Crippen LogP contribution >= 0.6 is 15.9 Å². The lowest BCUT2D eigenvalue weighted by Gasteiger charge is -2.07. The molecule has 0 fully saturated rings. The predicted octanol–water partition coefficient (Wildman–Crippen LogP) is 2.68. The van der Waals surface area contributed by atoms with Crippen molar-refractivity contribution in [1.29, 1.82) is 0 Å². The van der Waals surface area contributed by atoms with Gasteiger partial charge < -0.3 is 9.47 Å². The monoisotopic (exact) mass is 272 g/mol. The highest BCUT2D eigenvalue weighted by atomic mass is 79.9. The van der Waals surface area contributed by atoms with Gasteiger partial charge in [0.25, 0.3) is 0 Å². The van der Waals surface area contributed by atoms with E-state index in [9.17, 15) is 4.79 Å². The van der Waals surface area contributed by atoms with Gasteiger partial charge in [0.05, 0.1) is 6.61 Å². The van der Waals surface area contributed by atoms with Crippen molar-refractivity contribution in [3.63, 3.8) is 0 Å². The molecule has 0 saturated heterocycles. The molecule has 4 heteroatoms. The summed E-state index contributed by atoms with van der Waals surface area (Å²) in [5, 5.41) is 0. The maximum Gasteiger partial charge on any atom is 0.151 e. The molecule has 82 valence electrons. The van der Waals surface area contributed by atoms with Crippen LogP contribution in [0.15, 0.2) is 22.7 Å². The van der Waals surface area contributed by atoms with Gasteiger partial charge in [-0.25, -0.2) is 0 Å². The zero-order chi connectivity index (χ0) is 11.1. The fourth-order valence-electron chi connectivity index (χ4n) is 1.06. The SMILES string of the molecule is CCOCCOc1ccc(C=O)c(Br)c1. The summed E-state index contributed by atoms with van der Waals surface area (Å²) in [5.41, 5.74) is 0.618. The topological polar surface area (TPSA) is 35.5 Å². The maximum absolute atomic E-state index is 10.5. The Bertz CT molecular complexity index is 326. The van der Waals surface area contributed by atoms with E-state index in [1.807, 2.05) is 6.92 Å². The van der Waals surface area contributed by atoms with Crippen LogP contribution in [0.2, 0.25) is 0 Å². The first-order valence-electron chi connectivity index (χ1n) is 4.73. The third-order valence-electron chi connectivity index (χ3n) is 1.80. The molecule has 0 atom stereocenters. The molecule has 0 aromatic heterocycles. The minimum absolute atomic E-state index is 0.515. The van der Waals surface area contributed by atoms with Crippen molar-refractivity contribution in [3.8, 4) is 5.75 Å². The van der Waals surface area contributed by atoms with Crippen molar-refractivity contribution < 1.29 is 14.3 Å². The van der Waals surface area contributed by atoms with Gasteiger partial charge in [0.2, 0.25) is 0 Å². The summed E-state index contributed by atoms with van der Waals surface area (Å²) in [6.45, 7) is 3.72. The Labute approximate surface area is 97.5 Å². The normalized spacial score (nSPS) is 10.0. The highest BCUT2D eigenvalue weighted by molar-refractivity contribution is 9.10. The molecule has 0 aliphatic heterocycles. The Morgan fingerprint density at radius 3 is 2.80 bits per heavy atom. The number of carbonyl (C=O) groups is 1. The molecule has 0 spiro atoms. The van der Waals surface area contributed by atoms with Gasteiger partial charge in [-0.3, -0.25) is 4.79 Å². The van der Waals surface area contributed by atoms with Crippen molar-refractivity contribution in [2.45, 2.75) is 6.92 Å². The Balaban J connectivity index is 2.48. The molecule has 0 aliphatic carbocycles. The van der Waals surface area contributed by atoms with Crippen LogP contribution in [0.25, 0.3) is 0 Å². The number of hydrogen-bond acceptors (Lipinski definition) is 3. The van der Waals surface area contributed by atoms with Gasteiger partial charge in [0.15, 0.2) is 6.29 Å². The average Bonchev–Trinajstić information content (AvgIpc) is 2.25. The molecule has 0 heterocycles. The molecule has 3 nitrogen and oxygen atoms in total. The Morgan fingerprint density at radius 2 is 2.20 bits per heavy atom. The number of ether oxygens (including phenoxy) is 2. The number of hydrogen-bond donors (Lipinski definition) is 0. The van der Waals surface area contributed by atoms with Crippen LogP contribution < -0.4 is 4.74 Å². The van der Waals surface area contributed by atoms with Gasteiger partial charge in [0.1, 0.15) is 12.4 Å². The van der Waals surface area contributed by atoms with E-state index >= 15 is 0 Å². The van der Waals surface area contributed by atoms with Gasteiger partial charge >= 0.3 is 0 Å². The molecule has 1 rings (SSSR count). The van der Waals surface area contributed by atoms with Crippen LogP contribution in [0.5, 0.6) is 5.75 Å². The van der Waals surface area contributed by atoms with E-state index in [0.29, 0.717) is 25.4 Å². The minimum atomic E-state index is 0.515. The third-order valence-corrected chi connectivity index (χ3v) is 2.49. The number of carbonyl (C=O) groups excluding carboxylic acids is 1. The standard InChI is InChI=1S/C11H13BrO3/c1-2-14-5-6-15-10-4-3-9(8-13)11(12)7-10/h3-4,7-8H,2,5-6H2,1H3. The quantitative estimate of drug-likeness (QED) is 0.590. The summed E-state index contributed by atoms with van der Waals surface area (Å²) in [4.78, 5) is 10.5. The van der Waals surface area contributed by atoms with E-state index in [-0.39, 0.29) is 0 Å². The average molecular weight is 273 g/mol. The number of rotatable bonds is 6. The lowest BCUT2D eigenvalue weighted by molar-refractivity contribution is 0.110. The Kier molecular flexibility index (Phi) is 5.36. The Hall–Kier alpha value is -0.870. The maximum atomic E-state index is 10.5. The first kappa shape index (κ1) is 12.2. The number of halogens is 1. The van der Waals surface area contributed by atoms with E-state index < -0.39 is 0 Å². The molecule has 0 amide bonds. The largest absolute Gasteiger partial charge is 0.491 e. The van der Waals surface area contributed by atoms with E-state index in [2.05, 4.69) is 15.9 Å². The zero-order valence-corrected chi connectivity index (χ0v) is 10.1.